The molecule has 8 nitrogen and oxygen atoms in total. The minimum atomic E-state index is -0.337. The molecule has 176 valence electrons. The molecule has 0 bridgehead atoms. The van der Waals surface area contributed by atoms with Crippen molar-refractivity contribution in [2.45, 2.75) is 32.2 Å². The van der Waals surface area contributed by atoms with Gasteiger partial charge in [0, 0.05) is 59.4 Å². The topological polar surface area (TPSA) is 80.3 Å². The summed E-state index contributed by atoms with van der Waals surface area (Å²) in [5.41, 5.74) is 0.654. The molecule has 2 fully saturated rings. The van der Waals surface area contributed by atoms with Gasteiger partial charge in [-0.25, -0.2) is 4.39 Å². The number of benzene rings is 1. The van der Waals surface area contributed by atoms with Crippen LogP contribution >= 0.6 is 0 Å². The first kappa shape index (κ1) is 24.0. The highest BCUT2D eigenvalue weighted by molar-refractivity contribution is 5.82. The van der Waals surface area contributed by atoms with Crippen LogP contribution in [0.25, 0.3) is 0 Å². The summed E-state index contributed by atoms with van der Waals surface area (Å²) in [6.07, 6.45) is 2.38. The van der Waals surface area contributed by atoms with Gasteiger partial charge in [-0.2, -0.15) is 0 Å². The number of amides is 2. The van der Waals surface area contributed by atoms with E-state index >= 15 is 0 Å². The van der Waals surface area contributed by atoms with E-state index in [1.165, 1.54) is 12.1 Å². The maximum Gasteiger partial charge on any atom is 0.239 e. The lowest BCUT2D eigenvalue weighted by Gasteiger charge is -2.39. The highest BCUT2D eigenvalue weighted by Gasteiger charge is 2.30. The number of carbonyl (C=O) groups excluding carboxylic acids is 2. The Kier molecular flexibility index (Phi) is 8.84. The molecule has 0 saturated carbocycles. The van der Waals surface area contributed by atoms with Gasteiger partial charge in [0.25, 0.3) is 0 Å². The molecule has 2 amide bonds. The van der Waals surface area contributed by atoms with Crippen molar-refractivity contribution in [3.63, 3.8) is 0 Å². The largest absolute Gasteiger partial charge is 0.354 e. The van der Waals surface area contributed by atoms with Crippen LogP contribution in [0.3, 0.4) is 0 Å². The van der Waals surface area contributed by atoms with Gasteiger partial charge in [0.2, 0.25) is 11.8 Å². The number of nitrogens with one attached hydrogen (secondary N) is 2. The van der Waals surface area contributed by atoms with Crippen molar-refractivity contribution in [1.29, 1.82) is 0 Å². The summed E-state index contributed by atoms with van der Waals surface area (Å²) in [7, 11) is 1.75. The molecular formula is C23H35FN6O2. The van der Waals surface area contributed by atoms with Gasteiger partial charge in [-0.1, -0.05) is 12.1 Å². The summed E-state index contributed by atoms with van der Waals surface area (Å²) in [4.78, 5) is 35.5. The van der Waals surface area contributed by atoms with Crippen LogP contribution in [0.2, 0.25) is 0 Å². The summed E-state index contributed by atoms with van der Waals surface area (Å²) in [6, 6.07) is 5.99. The first-order chi connectivity index (χ1) is 15.5. The SMILES string of the molecule is CN=C(NCCNC(=O)Cc1cccc(F)c1)N1CCN(C(C)C(=O)N2CCCC2)CC1. The Bertz CT molecular complexity index is 803. The van der Waals surface area contributed by atoms with Crippen molar-refractivity contribution >= 4 is 17.8 Å². The molecule has 2 aliphatic rings. The number of hydrogen-bond acceptors (Lipinski definition) is 4. The number of likely N-dealkylation sites (tertiary alicyclic amines) is 1. The third-order valence-electron chi connectivity index (χ3n) is 6.13. The lowest BCUT2D eigenvalue weighted by atomic mass is 10.1. The molecule has 2 N–H and O–H groups in total. The molecule has 2 aliphatic heterocycles. The summed E-state index contributed by atoms with van der Waals surface area (Å²) in [5.74, 6) is 0.559. The van der Waals surface area contributed by atoms with Crippen LogP contribution in [0, 0.1) is 5.82 Å². The highest BCUT2D eigenvalue weighted by Crippen LogP contribution is 2.14. The van der Waals surface area contributed by atoms with Crippen molar-refractivity contribution < 1.29 is 14.0 Å². The van der Waals surface area contributed by atoms with Crippen LogP contribution < -0.4 is 10.6 Å². The Morgan fingerprint density at radius 2 is 1.72 bits per heavy atom. The van der Waals surface area contributed by atoms with E-state index in [1.54, 1.807) is 19.2 Å². The second kappa shape index (κ2) is 11.8. The predicted molar refractivity (Wildman–Crippen MR) is 123 cm³/mol. The molecule has 0 aromatic heterocycles. The van der Waals surface area contributed by atoms with Crippen molar-refractivity contribution in [2.24, 2.45) is 4.99 Å². The number of hydrogen-bond donors (Lipinski definition) is 2. The number of piperazine rings is 1. The molecule has 1 aromatic carbocycles. The number of aliphatic imine (C=N–C) groups is 1. The fourth-order valence-electron chi connectivity index (χ4n) is 4.28. The average Bonchev–Trinajstić information content (AvgIpc) is 3.33. The molecule has 32 heavy (non-hydrogen) atoms. The smallest absolute Gasteiger partial charge is 0.239 e. The molecule has 2 heterocycles. The summed E-state index contributed by atoms with van der Waals surface area (Å²) < 4.78 is 13.2. The summed E-state index contributed by atoms with van der Waals surface area (Å²) in [6.45, 7) is 8.00. The molecule has 3 rings (SSSR count). The van der Waals surface area contributed by atoms with Crippen LogP contribution in [0.1, 0.15) is 25.3 Å². The van der Waals surface area contributed by atoms with E-state index in [0.717, 1.165) is 58.1 Å². The zero-order valence-corrected chi connectivity index (χ0v) is 19.1. The second-order valence-corrected chi connectivity index (χ2v) is 8.36. The third-order valence-corrected chi connectivity index (χ3v) is 6.13. The Hall–Kier alpha value is -2.68. The lowest BCUT2D eigenvalue weighted by Crippen LogP contribution is -2.57. The van der Waals surface area contributed by atoms with Crippen LogP contribution in [-0.4, -0.2) is 97.9 Å². The quantitative estimate of drug-likeness (QED) is 0.366. The molecule has 0 spiro atoms. The minimum Gasteiger partial charge on any atom is -0.354 e. The molecular weight excluding hydrogens is 411 g/mol. The van der Waals surface area contributed by atoms with Gasteiger partial charge in [-0.05, 0) is 37.5 Å². The number of nitrogens with zero attached hydrogens (tertiary/aromatic N) is 4. The maximum absolute atomic E-state index is 13.2. The monoisotopic (exact) mass is 446 g/mol. The van der Waals surface area contributed by atoms with E-state index < -0.39 is 0 Å². The fraction of sp³-hybridized carbons (Fsp3) is 0.609. The Labute approximate surface area is 189 Å². The zero-order chi connectivity index (χ0) is 22.9. The number of guanidine groups is 1. The van der Waals surface area contributed by atoms with E-state index in [2.05, 4.69) is 25.4 Å². The van der Waals surface area contributed by atoms with E-state index in [0.29, 0.717) is 18.7 Å². The first-order valence-corrected chi connectivity index (χ1v) is 11.5. The molecule has 0 radical (unpaired) electrons. The number of halogens is 1. The highest BCUT2D eigenvalue weighted by atomic mass is 19.1. The third kappa shape index (κ3) is 6.66. The van der Waals surface area contributed by atoms with Gasteiger partial charge in [0.15, 0.2) is 5.96 Å². The van der Waals surface area contributed by atoms with Crippen LogP contribution in [-0.2, 0) is 16.0 Å². The van der Waals surface area contributed by atoms with Gasteiger partial charge < -0.3 is 20.4 Å². The predicted octanol–water partition coefficient (Wildman–Crippen LogP) is 0.688. The number of carbonyl (C=O) groups is 2. The van der Waals surface area contributed by atoms with Crippen molar-refractivity contribution in [3.05, 3.63) is 35.6 Å². The molecule has 0 aliphatic carbocycles. The molecule has 9 heteroatoms. The standard InChI is InChI=1S/C23H35FN6O2/c1-18(22(32)29-10-3-4-11-29)28-12-14-30(15-13-28)23(25-2)27-9-8-26-21(31)17-19-6-5-7-20(24)16-19/h5-7,16,18H,3-4,8-15,17H2,1-2H3,(H,25,27)(H,26,31). The van der Waals surface area contributed by atoms with Gasteiger partial charge >= 0.3 is 0 Å². The molecule has 1 aromatic rings. The second-order valence-electron chi connectivity index (χ2n) is 8.36. The van der Waals surface area contributed by atoms with Gasteiger partial charge in [0.05, 0.1) is 12.5 Å². The first-order valence-electron chi connectivity index (χ1n) is 11.5. The van der Waals surface area contributed by atoms with Gasteiger partial charge in [0.1, 0.15) is 5.82 Å². The lowest BCUT2D eigenvalue weighted by molar-refractivity contribution is -0.135. The van der Waals surface area contributed by atoms with Crippen molar-refractivity contribution in [3.8, 4) is 0 Å². The summed E-state index contributed by atoms with van der Waals surface area (Å²) in [5, 5.41) is 6.13. The molecule has 2 saturated heterocycles. The summed E-state index contributed by atoms with van der Waals surface area (Å²) >= 11 is 0. The van der Waals surface area contributed by atoms with Crippen LogP contribution in [0.5, 0.6) is 0 Å². The Morgan fingerprint density at radius 3 is 2.38 bits per heavy atom. The van der Waals surface area contributed by atoms with Crippen LogP contribution in [0.4, 0.5) is 4.39 Å². The van der Waals surface area contributed by atoms with E-state index in [1.807, 2.05) is 11.8 Å². The van der Waals surface area contributed by atoms with Crippen molar-refractivity contribution in [1.82, 2.24) is 25.3 Å². The van der Waals surface area contributed by atoms with Crippen molar-refractivity contribution in [2.75, 3.05) is 59.4 Å². The number of rotatable bonds is 7. The van der Waals surface area contributed by atoms with Gasteiger partial charge in [-0.15, -0.1) is 0 Å². The maximum atomic E-state index is 13.2. The minimum absolute atomic E-state index is 0.0847. The fourth-order valence-corrected chi connectivity index (χ4v) is 4.28. The van der Waals surface area contributed by atoms with E-state index in [9.17, 15) is 14.0 Å². The normalized spacial score (nSPS) is 18.5. The Balaban J connectivity index is 1.35. The van der Waals surface area contributed by atoms with E-state index in [4.69, 9.17) is 0 Å². The van der Waals surface area contributed by atoms with Crippen LogP contribution in [0.15, 0.2) is 29.3 Å². The van der Waals surface area contributed by atoms with Gasteiger partial charge in [-0.3, -0.25) is 19.5 Å². The van der Waals surface area contributed by atoms with E-state index in [-0.39, 0.29) is 30.1 Å². The Morgan fingerprint density at radius 1 is 1.03 bits per heavy atom. The molecule has 1 unspecified atom stereocenters. The average molecular weight is 447 g/mol. The molecule has 1 atom stereocenters. The zero-order valence-electron chi connectivity index (χ0n) is 19.1.